The van der Waals surface area contributed by atoms with Crippen LogP contribution in [0.3, 0.4) is 0 Å². The summed E-state index contributed by atoms with van der Waals surface area (Å²) in [6.45, 7) is 1.84. The van der Waals surface area contributed by atoms with Gasteiger partial charge in [0.1, 0.15) is 5.69 Å². The lowest BCUT2D eigenvalue weighted by Crippen LogP contribution is -2.41. The van der Waals surface area contributed by atoms with E-state index in [1.54, 1.807) is 36.4 Å². The van der Waals surface area contributed by atoms with Crippen molar-refractivity contribution in [3.63, 3.8) is 0 Å². The highest BCUT2D eigenvalue weighted by atomic mass is 35.5. The average Bonchev–Trinajstić information content (AvgIpc) is 2.48. The maximum atomic E-state index is 11.8. The number of carbonyl (C=O) groups excluding carboxylic acids is 2. The summed E-state index contributed by atoms with van der Waals surface area (Å²) in [5, 5.41) is 0.494. The first-order chi connectivity index (χ1) is 9.58. The summed E-state index contributed by atoms with van der Waals surface area (Å²) in [7, 11) is 0. The van der Waals surface area contributed by atoms with E-state index >= 15 is 0 Å². The Labute approximate surface area is 120 Å². The third-order valence-corrected chi connectivity index (χ3v) is 3.03. The standard InChI is InChI=1S/C14H12ClN3O2/c1-9-5-6-10(8-11(9)15)13(19)17-18-14(20)12-4-2-3-7-16-12/h2-8H,1H3,(H,17,19)(H,18,20). The Morgan fingerprint density at radius 2 is 1.85 bits per heavy atom. The Bertz CT molecular complexity index is 644. The van der Waals surface area contributed by atoms with E-state index in [0.717, 1.165) is 5.56 Å². The third-order valence-electron chi connectivity index (χ3n) is 2.62. The van der Waals surface area contributed by atoms with Gasteiger partial charge in [0.15, 0.2) is 0 Å². The van der Waals surface area contributed by atoms with Gasteiger partial charge in [0.05, 0.1) is 0 Å². The Balaban J connectivity index is 1.98. The number of pyridine rings is 1. The van der Waals surface area contributed by atoms with E-state index in [9.17, 15) is 9.59 Å². The average molecular weight is 290 g/mol. The monoisotopic (exact) mass is 289 g/mol. The summed E-state index contributed by atoms with van der Waals surface area (Å²) in [5.74, 6) is -0.937. The van der Waals surface area contributed by atoms with E-state index in [-0.39, 0.29) is 5.69 Å². The highest BCUT2D eigenvalue weighted by Gasteiger charge is 2.10. The highest BCUT2D eigenvalue weighted by Crippen LogP contribution is 2.16. The molecule has 102 valence electrons. The van der Waals surface area contributed by atoms with E-state index in [0.29, 0.717) is 10.6 Å². The number of aromatic nitrogens is 1. The molecule has 0 aliphatic heterocycles. The Kier molecular flexibility index (Phi) is 4.32. The van der Waals surface area contributed by atoms with Crippen LogP contribution in [0, 0.1) is 6.92 Å². The van der Waals surface area contributed by atoms with E-state index in [4.69, 9.17) is 11.6 Å². The molecule has 0 unspecified atom stereocenters. The first-order valence-corrected chi connectivity index (χ1v) is 6.23. The molecule has 0 saturated carbocycles. The number of hydrogen-bond acceptors (Lipinski definition) is 3. The van der Waals surface area contributed by atoms with Crippen LogP contribution in [-0.2, 0) is 0 Å². The second-order valence-corrected chi connectivity index (χ2v) is 4.49. The first kappa shape index (κ1) is 14.0. The Hall–Kier alpha value is -2.40. The van der Waals surface area contributed by atoms with Gasteiger partial charge in [0.25, 0.3) is 11.8 Å². The topological polar surface area (TPSA) is 71.1 Å². The zero-order chi connectivity index (χ0) is 14.5. The minimum absolute atomic E-state index is 0.217. The van der Waals surface area contributed by atoms with Crippen molar-refractivity contribution < 1.29 is 9.59 Å². The van der Waals surface area contributed by atoms with Crippen LogP contribution >= 0.6 is 11.6 Å². The van der Waals surface area contributed by atoms with Gasteiger partial charge in [-0.05, 0) is 36.8 Å². The van der Waals surface area contributed by atoms with Crippen molar-refractivity contribution in [1.82, 2.24) is 15.8 Å². The molecule has 0 aliphatic carbocycles. The number of benzene rings is 1. The van der Waals surface area contributed by atoms with Crippen molar-refractivity contribution in [3.8, 4) is 0 Å². The minimum atomic E-state index is -0.489. The summed E-state index contributed by atoms with van der Waals surface area (Å²) in [6.07, 6.45) is 1.50. The Morgan fingerprint density at radius 1 is 1.10 bits per heavy atom. The van der Waals surface area contributed by atoms with E-state index < -0.39 is 11.8 Å². The van der Waals surface area contributed by atoms with Crippen molar-refractivity contribution in [3.05, 3.63) is 64.4 Å². The number of nitrogens with zero attached hydrogens (tertiary/aromatic N) is 1. The van der Waals surface area contributed by atoms with Crippen molar-refractivity contribution >= 4 is 23.4 Å². The number of aryl methyl sites for hydroxylation is 1. The predicted octanol–water partition coefficient (Wildman–Crippen LogP) is 2.12. The molecule has 0 spiro atoms. The molecular formula is C14H12ClN3O2. The summed E-state index contributed by atoms with van der Waals surface area (Å²) in [6, 6.07) is 9.83. The molecule has 0 fully saturated rings. The van der Waals surface area contributed by atoms with Crippen LogP contribution in [0.5, 0.6) is 0 Å². The van der Waals surface area contributed by atoms with Crippen molar-refractivity contribution in [2.45, 2.75) is 6.92 Å². The van der Waals surface area contributed by atoms with Crippen LogP contribution in [0.2, 0.25) is 5.02 Å². The predicted molar refractivity (Wildman–Crippen MR) is 75.4 cm³/mol. The summed E-state index contributed by atoms with van der Waals surface area (Å²) >= 11 is 5.94. The van der Waals surface area contributed by atoms with Gasteiger partial charge in [-0.25, -0.2) is 0 Å². The molecule has 2 rings (SSSR count). The molecule has 1 aromatic heterocycles. The van der Waals surface area contributed by atoms with Gasteiger partial charge in [0, 0.05) is 16.8 Å². The van der Waals surface area contributed by atoms with E-state index in [2.05, 4.69) is 15.8 Å². The van der Waals surface area contributed by atoms with Gasteiger partial charge in [-0.1, -0.05) is 23.7 Å². The summed E-state index contributed by atoms with van der Waals surface area (Å²) in [5.41, 5.74) is 6.05. The maximum Gasteiger partial charge on any atom is 0.288 e. The molecule has 0 radical (unpaired) electrons. The molecule has 1 heterocycles. The van der Waals surface area contributed by atoms with E-state index in [1.807, 2.05) is 6.92 Å². The number of nitrogens with one attached hydrogen (secondary N) is 2. The zero-order valence-corrected chi connectivity index (χ0v) is 11.4. The zero-order valence-electron chi connectivity index (χ0n) is 10.7. The fourth-order valence-corrected chi connectivity index (χ4v) is 1.66. The fourth-order valence-electron chi connectivity index (χ4n) is 1.48. The molecule has 0 atom stereocenters. The van der Waals surface area contributed by atoms with Crippen molar-refractivity contribution in [1.29, 1.82) is 0 Å². The van der Waals surface area contributed by atoms with Crippen LogP contribution < -0.4 is 10.9 Å². The highest BCUT2D eigenvalue weighted by molar-refractivity contribution is 6.31. The normalized spacial score (nSPS) is 9.90. The first-order valence-electron chi connectivity index (χ1n) is 5.86. The number of hydrazine groups is 1. The van der Waals surface area contributed by atoms with Gasteiger partial charge < -0.3 is 0 Å². The molecule has 20 heavy (non-hydrogen) atoms. The number of rotatable bonds is 2. The fraction of sp³-hybridized carbons (Fsp3) is 0.0714. The van der Waals surface area contributed by atoms with Gasteiger partial charge in [-0.3, -0.25) is 25.4 Å². The number of carbonyl (C=O) groups is 2. The van der Waals surface area contributed by atoms with Crippen LogP contribution in [-0.4, -0.2) is 16.8 Å². The smallest absolute Gasteiger partial charge is 0.267 e. The van der Waals surface area contributed by atoms with E-state index in [1.165, 1.54) is 6.20 Å². The molecule has 5 nitrogen and oxygen atoms in total. The minimum Gasteiger partial charge on any atom is -0.267 e. The van der Waals surface area contributed by atoms with Gasteiger partial charge >= 0.3 is 0 Å². The number of amides is 2. The van der Waals surface area contributed by atoms with Gasteiger partial charge in [0.2, 0.25) is 0 Å². The lowest BCUT2D eigenvalue weighted by Gasteiger charge is -2.07. The summed E-state index contributed by atoms with van der Waals surface area (Å²) in [4.78, 5) is 27.4. The summed E-state index contributed by atoms with van der Waals surface area (Å²) < 4.78 is 0. The van der Waals surface area contributed by atoms with Crippen LogP contribution in [0.25, 0.3) is 0 Å². The quantitative estimate of drug-likeness (QED) is 0.832. The van der Waals surface area contributed by atoms with Gasteiger partial charge in [-0.15, -0.1) is 0 Å². The molecule has 0 saturated heterocycles. The molecule has 0 bridgehead atoms. The number of halogens is 1. The molecule has 1 aromatic carbocycles. The Morgan fingerprint density at radius 3 is 2.50 bits per heavy atom. The molecule has 0 aliphatic rings. The lowest BCUT2D eigenvalue weighted by molar-refractivity contribution is 0.0844. The lowest BCUT2D eigenvalue weighted by atomic mass is 10.1. The van der Waals surface area contributed by atoms with Gasteiger partial charge in [-0.2, -0.15) is 0 Å². The second-order valence-electron chi connectivity index (χ2n) is 4.09. The maximum absolute atomic E-state index is 11.8. The SMILES string of the molecule is Cc1ccc(C(=O)NNC(=O)c2ccccn2)cc1Cl. The van der Waals surface area contributed by atoms with Crippen LogP contribution in [0.1, 0.15) is 26.4 Å². The molecule has 2 N–H and O–H groups in total. The second kappa shape index (κ2) is 6.16. The largest absolute Gasteiger partial charge is 0.288 e. The molecule has 2 aromatic rings. The van der Waals surface area contributed by atoms with Crippen LogP contribution in [0.4, 0.5) is 0 Å². The van der Waals surface area contributed by atoms with Crippen molar-refractivity contribution in [2.75, 3.05) is 0 Å². The molecule has 2 amide bonds. The van der Waals surface area contributed by atoms with Crippen molar-refractivity contribution in [2.24, 2.45) is 0 Å². The van der Waals surface area contributed by atoms with Crippen LogP contribution in [0.15, 0.2) is 42.6 Å². The number of hydrogen-bond donors (Lipinski definition) is 2. The molecular weight excluding hydrogens is 278 g/mol. The third kappa shape index (κ3) is 3.33. The molecule has 6 heteroatoms.